The molecule has 1 aliphatic rings. The summed E-state index contributed by atoms with van der Waals surface area (Å²) in [5, 5.41) is 3.50. The van der Waals surface area contributed by atoms with Crippen LogP contribution in [0.5, 0.6) is 0 Å². The average Bonchev–Trinajstić information content (AvgIpc) is 2.26. The van der Waals surface area contributed by atoms with Crippen LogP contribution in [-0.2, 0) is 9.47 Å². The van der Waals surface area contributed by atoms with Crippen LogP contribution in [0.1, 0.15) is 46.5 Å². The van der Waals surface area contributed by atoms with Gasteiger partial charge in [0.05, 0.1) is 12.2 Å². The topological polar surface area (TPSA) is 30.5 Å². The lowest BCUT2D eigenvalue weighted by Gasteiger charge is -2.43. The largest absolute Gasteiger partial charge is 0.377 e. The Morgan fingerprint density at radius 2 is 2.12 bits per heavy atom. The van der Waals surface area contributed by atoms with E-state index >= 15 is 0 Å². The van der Waals surface area contributed by atoms with Gasteiger partial charge in [0.15, 0.2) is 0 Å². The molecule has 0 spiro atoms. The molecule has 1 saturated carbocycles. The van der Waals surface area contributed by atoms with Crippen LogP contribution in [0.3, 0.4) is 0 Å². The molecule has 102 valence electrons. The summed E-state index contributed by atoms with van der Waals surface area (Å²) in [7, 11) is 1.79. The highest BCUT2D eigenvalue weighted by Crippen LogP contribution is 2.27. The zero-order valence-corrected chi connectivity index (χ0v) is 11.9. The highest BCUT2D eigenvalue weighted by molar-refractivity contribution is 4.96. The van der Waals surface area contributed by atoms with Crippen molar-refractivity contribution in [2.45, 2.75) is 64.7 Å². The summed E-state index contributed by atoms with van der Waals surface area (Å²) in [6, 6.07) is 0.495. The van der Waals surface area contributed by atoms with Gasteiger partial charge in [-0.1, -0.05) is 20.8 Å². The van der Waals surface area contributed by atoms with Crippen LogP contribution >= 0.6 is 0 Å². The molecule has 0 bridgehead atoms. The molecule has 0 aromatic rings. The zero-order valence-electron chi connectivity index (χ0n) is 11.9. The summed E-state index contributed by atoms with van der Waals surface area (Å²) < 4.78 is 11.4. The zero-order chi connectivity index (χ0) is 12.7. The maximum atomic E-state index is 5.88. The lowest BCUT2D eigenvalue weighted by Crippen LogP contribution is -2.59. The molecule has 3 nitrogen and oxygen atoms in total. The SMILES string of the molecule is CCCNC1CC(OCCCC(C)C)C1OC. The van der Waals surface area contributed by atoms with Crippen LogP contribution in [0.25, 0.3) is 0 Å². The number of nitrogens with one attached hydrogen (secondary N) is 1. The van der Waals surface area contributed by atoms with Crippen LogP contribution in [0.2, 0.25) is 0 Å². The van der Waals surface area contributed by atoms with Gasteiger partial charge in [0, 0.05) is 19.8 Å². The van der Waals surface area contributed by atoms with Gasteiger partial charge in [-0.05, 0) is 38.1 Å². The fourth-order valence-corrected chi connectivity index (χ4v) is 2.32. The Morgan fingerprint density at radius 1 is 1.35 bits per heavy atom. The second-order valence-electron chi connectivity index (χ2n) is 5.44. The van der Waals surface area contributed by atoms with E-state index in [1.807, 2.05) is 0 Å². The van der Waals surface area contributed by atoms with E-state index in [9.17, 15) is 0 Å². The Bertz CT molecular complexity index is 197. The van der Waals surface area contributed by atoms with Crippen molar-refractivity contribution in [2.24, 2.45) is 5.92 Å². The van der Waals surface area contributed by atoms with Gasteiger partial charge in [0.25, 0.3) is 0 Å². The molecule has 0 saturated heterocycles. The maximum Gasteiger partial charge on any atom is 0.0986 e. The van der Waals surface area contributed by atoms with Crippen molar-refractivity contribution in [1.29, 1.82) is 0 Å². The van der Waals surface area contributed by atoms with E-state index in [1.165, 1.54) is 12.8 Å². The number of ether oxygens (including phenoxy) is 2. The van der Waals surface area contributed by atoms with Gasteiger partial charge in [-0.3, -0.25) is 0 Å². The van der Waals surface area contributed by atoms with Crippen LogP contribution in [0, 0.1) is 5.92 Å². The van der Waals surface area contributed by atoms with E-state index in [4.69, 9.17) is 9.47 Å². The van der Waals surface area contributed by atoms with E-state index in [-0.39, 0.29) is 6.10 Å². The van der Waals surface area contributed by atoms with Crippen molar-refractivity contribution < 1.29 is 9.47 Å². The van der Waals surface area contributed by atoms with E-state index in [0.717, 1.165) is 31.9 Å². The van der Waals surface area contributed by atoms with Crippen LogP contribution in [0.4, 0.5) is 0 Å². The summed E-state index contributed by atoms with van der Waals surface area (Å²) in [5.74, 6) is 0.775. The van der Waals surface area contributed by atoms with Crippen molar-refractivity contribution >= 4 is 0 Å². The van der Waals surface area contributed by atoms with Crippen molar-refractivity contribution in [1.82, 2.24) is 5.32 Å². The Kier molecular flexibility index (Phi) is 7.09. The first-order valence-corrected chi connectivity index (χ1v) is 7.06. The molecule has 1 N–H and O–H groups in total. The Balaban J connectivity index is 2.10. The number of rotatable bonds is 9. The van der Waals surface area contributed by atoms with E-state index in [0.29, 0.717) is 12.1 Å². The quantitative estimate of drug-likeness (QED) is 0.631. The van der Waals surface area contributed by atoms with Crippen molar-refractivity contribution in [3.8, 4) is 0 Å². The van der Waals surface area contributed by atoms with E-state index in [2.05, 4.69) is 26.1 Å². The molecule has 3 heteroatoms. The summed E-state index contributed by atoms with van der Waals surface area (Å²) >= 11 is 0. The summed E-state index contributed by atoms with van der Waals surface area (Å²) in [6.45, 7) is 8.65. The first-order chi connectivity index (χ1) is 8.19. The third-order valence-electron chi connectivity index (χ3n) is 3.44. The van der Waals surface area contributed by atoms with Crippen LogP contribution in [-0.4, -0.2) is 38.5 Å². The minimum absolute atomic E-state index is 0.251. The lowest BCUT2D eigenvalue weighted by atomic mass is 9.85. The molecule has 0 aromatic heterocycles. The van der Waals surface area contributed by atoms with E-state index in [1.54, 1.807) is 7.11 Å². The number of methoxy groups -OCH3 is 1. The summed E-state index contributed by atoms with van der Waals surface area (Å²) in [5.41, 5.74) is 0. The molecular weight excluding hydrogens is 214 g/mol. The molecule has 0 aliphatic heterocycles. The average molecular weight is 243 g/mol. The smallest absolute Gasteiger partial charge is 0.0986 e. The van der Waals surface area contributed by atoms with Gasteiger partial charge in [-0.25, -0.2) is 0 Å². The Labute approximate surface area is 106 Å². The minimum Gasteiger partial charge on any atom is -0.377 e. The van der Waals surface area contributed by atoms with Crippen LogP contribution < -0.4 is 5.32 Å². The Morgan fingerprint density at radius 3 is 2.71 bits per heavy atom. The third kappa shape index (κ3) is 4.94. The van der Waals surface area contributed by atoms with Gasteiger partial charge < -0.3 is 14.8 Å². The fourth-order valence-electron chi connectivity index (χ4n) is 2.32. The first-order valence-electron chi connectivity index (χ1n) is 7.06. The number of hydrogen-bond acceptors (Lipinski definition) is 3. The second-order valence-corrected chi connectivity index (χ2v) is 5.44. The van der Waals surface area contributed by atoms with E-state index < -0.39 is 0 Å². The standard InChI is InChI=1S/C14H29NO2/c1-5-8-15-12-10-13(14(12)16-4)17-9-6-7-11(2)3/h11-15H,5-10H2,1-4H3. The van der Waals surface area contributed by atoms with Gasteiger partial charge in [-0.2, -0.15) is 0 Å². The summed E-state index contributed by atoms with van der Waals surface area (Å²) in [4.78, 5) is 0. The predicted molar refractivity (Wildman–Crippen MR) is 71.3 cm³/mol. The fraction of sp³-hybridized carbons (Fsp3) is 1.00. The van der Waals surface area contributed by atoms with Gasteiger partial charge in [-0.15, -0.1) is 0 Å². The van der Waals surface area contributed by atoms with Gasteiger partial charge >= 0.3 is 0 Å². The highest BCUT2D eigenvalue weighted by Gasteiger charge is 2.41. The molecule has 1 rings (SSSR count). The summed E-state index contributed by atoms with van der Waals surface area (Å²) in [6.07, 6.45) is 5.24. The molecular formula is C14H29NO2. The number of hydrogen-bond donors (Lipinski definition) is 1. The lowest BCUT2D eigenvalue weighted by molar-refractivity contribution is -0.134. The third-order valence-corrected chi connectivity index (χ3v) is 3.44. The molecule has 0 amide bonds. The molecule has 1 fully saturated rings. The van der Waals surface area contributed by atoms with Crippen LogP contribution in [0.15, 0.2) is 0 Å². The second kappa shape index (κ2) is 8.06. The van der Waals surface area contributed by atoms with Gasteiger partial charge in [0.1, 0.15) is 0 Å². The monoisotopic (exact) mass is 243 g/mol. The van der Waals surface area contributed by atoms with Crippen molar-refractivity contribution in [2.75, 3.05) is 20.3 Å². The van der Waals surface area contributed by atoms with Gasteiger partial charge in [0.2, 0.25) is 0 Å². The molecule has 0 radical (unpaired) electrons. The normalized spacial score (nSPS) is 28.4. The Hall–Kier alpha value is -0.120. The molecule has 1 aliphatic carbocycles. The van der Waals surface area contributed by atoms with Crippen molar-refractivity contribution in [3.63, 3.8) is 0 Å². The molecule has 3 atom stereocenters. The first kappa shape index (κ1) is 14.9. The van der Waals surface area contributed by atoms with Crippen molar-refractivity contribution in [3.05, 3.63) is 0 Å². The molecule has 17 heavy (non-hydrogen) atoms. The molecule has 0 heterocycles. The maximum absolute atomic E-state index is 5.88. The highest BCUT2D eigenvalue weighted by atomic mass is 16.5. The molecule has 3 unspecified atom stereocenters. The minimum atomic E-state index is 0.251. The predicted octanol–water partition coefficient (Wildman–Crippen LogP) is 2.59. The molecule has 0 aromatic carbocycles.